The van der Waals surface area contributed by atoms with E-state index in [-0.39, 0.29) is 5.91 Å². The van der Waals surface area contributed by atoms with Gasteiger partial charge in [0.2, 0.25) is 0 Å². The Balaban J connectivity index is 2.08. The molecule has 0 aliphatic heterocycles. The second kappa shape index (κ2) is 4.45. The van der Waals surface area contributed by atoms with Crippen LogP contribution in [-0.2, 0) is 9.53 Å². The number of methoxy groups -OCH3 is 1. The number of nitrogens with zero attached hydrogens (tertiary/aromatic N) is 1. The van der Waals surface area contributed by atoms with Crippen LogP contribution < -0.4 is 5.32 Å². The molecule has 1 amide bonds. The summed E-state index contributed by atoms with van der Waals surface area (Å²) in [4.78, 5) is 16.1. The molecule has 0 bridgehead atoms. The summed E-state index contributed by atoms with van der Waals surface area (Å²) in [5.41, 5.74) is 0.563. The van der Waals surface area contributed by atoms with Crippen molar-refractivity contribution in [3.05, 3.63) is 23.9 Å². The normalized spacial score (nSPS) is 16.9. The van der Waals surface area contributed by atoms with Crippen molar-refractivity contribution in [2.45, 2.75) is 38.2 Å². The van der Waals surface area contributed by atoms with E-state index in [9.17, 15) is 4.79 Å². The standard InChI is InChI=1S/C13H18N2O2/c1-9(2)10-4-7-14-11(8-10)15-12(16)13(17-3)5-6-13/h4,7-9H,5-6H2,1-3H3,(H,14,15,16). The minimum absolute atomic E-state index is 0.0894. The van der Waals surface area contributed by atoms with E-state index in [1.807, 2.05) is 12.1 Å². The van der Waals surface area contributed by atoms with E-state index >= 15 is 0 Å². The van der Waals surface area contributed by atoms with Gasteiger partial charge in [-0.1, -0.05) is 13.8 Å². The fourth-order valence-electron chi connectivity index (χ4n) is 1.74. The second-order valence-corrected chi connectivity index (χ2v) is 4.78. The Morgan fingerprint density at radius 3 is 2.76 bits per heavy atom. The first-order chi connectivity index (χ1) is 8.07. The number of nitrogens with one attached hydrogen (secondary N) is 1. The van der Waals surface area contributed by atoms with Crippen molar-refractivity contribution in [2.75, 3.05) is 12.4 Å². The maximum atomic E-state index is 11.9. The molecule has 0 spiro atoms. The first kappa shape index (κ1) is 12.0. The Labute approximate surface area is 101 Å². The first-order valence-electron chi connectivity index (χ1n) is 5.90. The number of amides is 1. The average Bonchev–Trinajstić information content (AvgIpc) is 3.10. The largest absolute Gasteiger partial charge is 0.368 e. The Kier molecular flexibility index (Phi) is 3.15. The van der Waals surface area contributed by atoms with Crippen LogP contribution in [-0.4, -0.2) is 23.6 Å². The van der Waals surface area contributed by atoms with Crippen molar-refractivity contribution >= 4 is 11.7 Å². The number of hydrogen-bond acceptors (Lipinski definition) is 3. The Morgan fingerprint density at radius 2 is 2.24 bits per heavy atom. The molecule has 0 aromatic carbocycles. The lowest BCUT2D eigenvalue weighted by Crippen LogP contribution is -2.31. The summed E-state index contributed by atoms with van der Waals surface area (Å²) in [6.07, 6.45) is 3.30. The summed E-state index contributed by atoms with van der Waals surface area (Å²) in [6, 6.07) is 3.87. The molecular weight excluding hydrogens is 216 g/mol. The van der Waals surface area contributed by atoms with Gasteiger partial charge in [-0.2, -0.15) is 0 Å². The van der Waals surface area contributed by atoms with Crippen molar-refractivity contribution in [1.29, 1.82) is 0 Å². The van der Waals surface area contributed by atoms with Gasteiger partial charge in [-0.3, -0.25) is 4.79 Å². The number of rotatable bonds is 4. The highest BCUT2D eigenvalue weighted by Crippen LogP contribution is 2.39. The molecule has 0 radical (unpaired) electrons. The van der Waals surface area contributed by atoms with Crippen LogP contribution >= 0.6 is 0 Å². The molecule has 1 aliphatic rings. The maximum Gasteiger partial charge on any atom is 0.257 e. The third-order valence-electron chi connectivity index (χ3n) is 3.20. The highest BCUT2D eigenvalue weighted by Gasteiger charge is 2.50. The molecule has 1 saturated carbocycles. The number of carbonyl (C=O) groups is 1. The van der Waals surface area contributed by atoms with Gasteiger partial charge in [-0.05, 0) is 36.5 Å². The third kappa shape index (κ3) is 2.47. The average molecular weight is 234 g/mol. The first-order valence-corrected chi connectivity index (χ1v) is 5.90. The Morgan fingerprint density at radius 1 is 1.53 bits per heavy atom. The molecule has 2 rings (SSSR count). The van der Waals surface area contributed by atoms with Gasteiger partial charge in [-0.25, -0.2) is 4.98 Å². The molecule has 0 atom stereocenters. The summed E-state index contributed by atoms with van der Waals surface area (Å²) in [6.45, 7) is 4.22. The van der Waals surface area contributed by atoms with Gasteiger partial charge in [-0.15, -0.1) is 0 Å². The van der Waals surface area contributed by atoms with E-state index in [4.69, 9.17) is 4.74 Å². The molecule has 0 saturated heterocycles. The van der Waals surface area contributed by atoms with E-state index in [0.717, 1.165) is 18.4 Å². The van der Waals surface area contributed by atoms with Crippen LogP contribution in [0.25, 0.3) is 0 Å². The fraction of sp³-hybridized carbons (Fsp3) is 0.538. The van der Waals surface area contributed by atoms with E-state index in [1.54, 1.807) is 13.3 Å². The summed E-state index contributed by atoms with van der Waals surface area (Å²) in [7, 11) is 1.57. The van der Waals surface area contributed by atoms with Gasteiger partial charge >= 0.3 is 0 Å². The zero-order valence-electron chi connectivity index (χ0n) is 10.5. The van der Waals surface area contributed by atoms with Crippen LogP contribution in [0, 0.1) is 0 Å². The summed E-state index contributed by atoms with van der Waals surface area (Å²) in [5.74, 6) is 0.934. The Hall–Kier alpha value is -1.42. The molecule has 1 N–H and O–H groups in total. The van der Waals surface area contributed by atoms with E-state index in [2.05, 4.69) is 24.1 Å². The second-order valence-electron chi connectivity index (χ2n) is 4.78. The van der Waals surface area contributed by atoms with Gasteiger partial charge < -0.3 is 10.1 Å². The van der Waals surface area contributed by atoms with Crippen LogP contribution in [0.5, 0.6) is 0 Å². The fourth-order valence-corrected chi connectivity index (χ4v) is 1.74. The molecule has 1 aromatic rings. The van der Waals surface area contributed by atoms with Crippen LogP contribution in [0.2, 0.25) is 0 Å². The molecule has 1 aromatic heterocycles. The number of anilines is 1. The zero-order valence-corrected chi connectivity index (χ0v) is 10.5. The molecule has 92 valence electrons. The SMILES string of the molecule is COC1(C(=O)Nc2cc(C(C)C)ccn2)CC1. The molecule has 1 heterocycles. The minimum Gasteiger partial charge on any atom is -0.368 e. The highest BCUT2D eigenvalue weighted by molar-refractivity contribution is 5.98. The van der Waals surface area contributed by atoms with Gasteiger partial charge in [0, 0.05) is 13.3 Å². The van der Waals surface area contributed by atoms with Crippen molar-refractivity contribution in [3.8, 4) is 0 Å². The molecule has 4 heteroatoms. The molecule has 1 aliphatic carbocycles. The number of ether oxygens (including phenoxy) is 1. The quantitative estimate of drug-likeness (QED) is 0.869. The van der Waals surface area contributed by atoms with Crippen LogP contribution in [0.4, 0.5) is 5.82 Å². The summed E-state index contributed by atoms with van der Waals surface area (Å²) >= 11 is 0. The lowest BCUT2D eigenvalue weighted by Gasteiger charge is -2.13. The van der Waals surface area contributed by atoms with E-state index in [1.165, 1.54) is 0 Å². The van der Waals surface area contributed by atoms with Crippen LogP contribution in [0.15, 0.2) is 18.3 Å². The summed E-state index contributed by atoms with van der Waals surface area (Å²) < 4.78 is 5.22. The molecule has 4 nitrogen and oxygen atoms in total. The van der Waals surface area contributed by atoms with Gasteiger partial charge in [0.1, 0.15) is 11.4 Å². The van der Waals surface area contributed by atoms with Crippen LogP contribution in [0.1, 0.15) is 38.2 Å². The highest BCUT2D eigenvalue weighted by atomic mass is 16.5. The molecule has 1 fully saturated rings. The monoisotopic (exact) mass is 234 g/mol. The van der Waals surface area contributed by atoms with Crippen molar-refractivity contribution < 1.29 is 9.53 Å². The smallest absolute Gasteiger partial charge is 0.257 e. The van der Waals surface area contributed by atoms with Crippen molar-refractivity contribution in [1.82, 2.24) is 4.98 Å². The maximum absolute atomic E-state index is 11.9. The van der Waals surface area contributed by atoms with Crippen molar-refractivity contribution in [3.63, 3.8) is 0 Å². The Bertz CT molecular complexity index is 425. The van der Waals surface area contributed by atoms with Gasteiger partial charge in [0.05, 0.1) is 0 Å². The molecular formula is C13H18N2O2. The number of aromatic nitrogens is 1. The molecule has 17 heavy (non-hydrogen) atoms. The van der Waals surface area contributed by atoms with Gasteiger partial charge in [0.25, 0.3) is 5.91 Å². The van der Waals surface area contributed by atoms with Crippen molar-refractivity contribution in [2.24, 2.45) is 0 Å². The zero-order chi connectivity index (χ0) is 12.5. The third-order valence-corrected chi connectivity index (χ3v) is 3.20. The predicted molar refractivity (Wildman–Crippen MR) is 65.9 cm³/mol. The lowest BCUT2D eigenvalue weighted by molar-refractivity contribution is -0.128. The minimum atomic E-state index is -0.602. The predicted octanol–water partition coefficient (Wildman–Crippen LogP) is 2.32. The van der Waals surface area contributed by atoms with E-state index < -0.39 is 5.60 Å². The number of pyridine rings is 1. The van der Waals surface area contributed by atoms with Crippen LogP contribution in [0.3, 0.4) is 0 Å². The number of hydrogen-bond donors (Lipinski definition) is 1. The van der Waals surface area contributed by atoms with E-state index in [0.29, 0.717) is 11.7 Å². The number of carbonyl (C=O) groups excluding carboxylic acids is 1. The summed E-state index contributed by atoms with van der Waals surface area (Å²) in [5, 5.41) is 2.82. The lowest BCUT2D eigenvalue weighted by atomic mass is 10.1. The van der Waals surface area contributed by atoms with Gasteiger partial charge in [0.15, 0.2) is 0 Å². The molecule has 0 unspecified atom stereocenters. The topological polar surface area (TPSA) is 51.2 Å².